The Bertz CT molecular complexity index is 540. The third kappa shape index (κ3) is 2.35. The van der Waals surface area contributed by atoms with Crippen LogP contribution in [0.4, 0.5) is 0 Å². The molecule has 0 bridgehead atoms. The van der Waals surface area contributed by atoms with Gasteiger partial charge in [0.25, 0.3) is 0 Å². The summed E-state index contributed by atoms with van der Waals surface area (Å²) >= 11 is 1.77. The average molecular weight is 292 g/mol. The summed E-state index contributed by atoms with van der Waals surface area (Å²) in [5.74, 6) is 0.254. The Balaban J connectivity index is 1.72. The van der Waals surface area contributed by atoms with Gasteiger partial charge in [-0.2, -0.15) is 0 Å². The van der Waals surface area contributed by atoms with Crippen LogP contribution in [0.3, 0.4) is 0 Å². The lowest BCUT2D eigenvalue weighted by molar-refractivity contribution is -0.155. The number of rotatable bonds is 3. The first-order valence-corrected chi connectivity index (χ1v) is 8.03. The van der Waals surface area contributed by atoms with Gasteiger partial charge in [-0.3, -0.25) is 9.59 Å². The maximum Gasteiger partial charge on any atom is 0.246 e. The maximum atomic E-state index is 12.5. The van der Waals surface area contributed by atoms with Crippen molar-refractivity contribution in [1.82, 2.24) is 9.80 Å². The smallest absolute Gasteiger partial charge is 0.246 e. The van der Waals surface area contributed by atoms with Crippen LogP contribution in [0, 0.1) is 6.92 Å². The van der Waals surface area contributed by atoms with E-state index >= 15 is 0 Å². The van der Waals surface area contributed by atoms with Gasteiger partial charge in [-0.25, -0.2) is 0 Å². The van der Waals surface area contributed by atoms with Crippen LogP contribution in [0.15, 0.2) is 12.1 Å². The summed E-state index contributed by atoms with van der Waals surface area (Å²) in [6.07, 6.45) is 2.62. The normalized spacial score (nSPS) is 24.2. The lowest BCUT2D eigenvalue weighted by Gasteiger charge is -2.39. The molecular formula is C15H20N2O2S. The van der Waals surface area contributed by atoms with E-state index in [1.54, 1.807) is 21.1 Å². The van der Waals surface area contributed by atoms with Crippen molar-refractivity contribution in [2.24, 2.45) is 0 Å². The number of piperazine rings is 1. The number of thiophene rings is 1. The molecule has 0 radical (unpaired) electrons. The van der Waals surface area contributed by atoms with Crippen LogP contribution in [0.5, 0.6) is 0 Å². The van der Waals surface area contributed by atoms with E-state index in [0.29, 0.717) is 0 Å². The first-order chi connectivity index (χ1) is 9.56. The molecule has 0 aliphatic carbocycles. The van der Waals surface area contributed by atoms with Crippen LogP contribution in [0.25, 0.3) is 0 Å². The van der Waals surface area contributed by atoms with Gasteiger partial charge in [-0.15, -0.1) is 11.3 Å². The lowest BCUT2D eigenvalue weighted by Crippen LogP contribution is -2.59. The van der Waals surface area contributed by atoms with Crippen LogP contribution in [-0.4, -0.2) is 46.8 Å². The average Bonchev–Trinajstić information content (AvgIpc) is 3.03. The molecule has 0 spiro atoms. The standard InChI is InChI=1S/C15H20N2O2S/c1-10(8-12-6-5-11(2)20-12)17-9-14(18)16-7-3-4-13(16)15(17)19/h5-6,10,13H,3-4,7-9H2,1-2H3. The summed E-state index contributed by atoms with van der Waals surface area (Å²) in [5.41, 5.74) is 0. The molecule has 2 amide bonds. The first-order valence-electron chi connectivity index (χ1n) is 7.21. The number of hydrogen-bond acceptors (Lipinski definition) is 3. The molecule has 2 atom stereocenters. The van der Waals surface area contributed by atoms with E-state index in [4.69, 9.17) is 0 Å². The number of fused-ring (bicyclic) bond motifs is 1. The molecule has 5 heteroatoms. The molecule has 0 aromatic carbocycles. The zero-order valence-electron chi connectivity index (χ0n) is 12.0. The summed E-state index contributed by atoms with van der Waals surface area (Å²) in [5, 5.41) is 0. The van der Waals surface area contributed by atoms with Crippen molar-refractivity contribution in [3.05, 3.63) is 21.9 Å². The molecular weight excluding hydrogens is 272 g/mol. The largest absolute Gasteiger partial charge is 0.329 e. The van der Waals surface area contributed by atoms with E-state index in [-0.39, 0.29) is 30.4 Å². The summed E-state index contributed by atoms with van der Waals surface area (Å²) in [4.78, 5) is 30.8. The number of carbonyl (C=O) groups is 2. The van der Waals surface area contributed by atoms with Gasteiger partial charge >= 0.3 is 0 Å². The highest BCUT2D eigenvalue weighted by Crippen LogP contribution is 2.26. The second kappa shape index (κ2) is 5.20. The van der Waals surface area contributed by atoms with Crippen molar-refractivity contribution >= 4 is 23.2 Å². The fraction of sp³-hybridized carbons (Fsp3) is 0.600. The molecule has 2 aliphatic rings. The van der Waals surface area contributed by atoms with Gasteiger partial charge in [0.2, 0.25) is 11.8 Å². The van der Waals surface area contributed by atoms with E-state index in [1.807, 2.05) is 6.92 Å². The van der Waals surface area contributed by atoms with Gasteiger partial charge in [0.15, 0.2) is 0 Å². The van der Waals surface area contributed by atoms with Crippen molar-refractivity contribution in [2.75, 3.05) is 13.1 Å². The zero-order chi connectivity index (χ0) is 14.3. The Hall–Kier alpha value is -1.36. The number of aryl methyl sites for hydroxylation is 1. The topological polar surface area (TPSA) is 40.6 Å². The second-order valence-electron chi connectivity index (χ2n) is 5.78. The Morgan fingerprint density at radius 2 is 2.20 bits per heavy atom. The number of hydrogen-bond donors (Lipinski definition) is 0. The number of carbonyl (C=O) groups excluding carboxylic acids is 2. The Morgan fingerprint density at radius 3 is 2.90 bits per heavy atom. The highest BCUT2D eigenvalue weighted by molar-refractivity contribution is 7.11. The van der Waals surface area contributed by atoms with Crippen molar-refractivity contribution in [3.8, 4) is 0 Å². The van der Waals surface area contributed by atoms with Gasteiger partial charge in [-0.1, -0.05) is 0 Å². The molecule has 4 nitrogen and oxygen atoms in total. The van der Waals surface area contributed by atoms with E-state index < -0.39 is 0 Å². The predicted octanol–water partition coefficient (Wildman–Crippen LogP) is 1.82. The highest BCUT2D eigenvalue weighted by atomic mass is 32.1. The molecule has 2 saturated heterocycles. The van der Waals surface area contributed by atoms with E-state index in [9.17, 15) is 9.59 Å². The van der Waals surface area contributed by atoms with Crippen LogP contribution < -0.4 is 0 Å². The third-order valence-corrected chi connectivity index (χ3v) is 5.29. The van der Waals surface area contributed by atoms with Crippen LogP contribution in [0.1, 0.15) is 29.5 Å². The lowest BCUT2D eigenvalue weighted by atomic mass is 10.1. The quantitative estimate of drug-likeness (QED) is 0.852. The van der Waals surface area contributed by atoms with E-state index in [1.165, 1.54) is 9.75 Å². The zero-order valence-corrected chi connectivity index (χ0v) is 12.8. The van der Waals surface area contributed by atoms with Crippen molar-refractivity contribution < 1.29 is 9.59 Å². The van der Waals surface area contributed by atoms with Crippen LogP contribution >= 0.6 is 11.3 Å². The SMILES string of the molecule is Cc1ccc(CC(C)N2CC(=O)N3CCCC3C2=O)s1. The first kappa shape index (κ1) is 13.6. The van der Waals surface area contributed by atoms with Crippen molar-refractivity contribution in [3.63, 3.8) is 0 Å². The summed E-state index contributed by atoms with van der Waals surface area (Å²) in [6, 6.07) is 4.12. The van der Waals surface area contributed by atoms with Crippen LogP contribution in [-0.2, 0) is 16.0 Å². The molecule has 1 aromatic heterocycles. The number of nitrogens with zero attached hydrogens (tertiary/aromatic N) is 2. The van der Waals surface area contributed by atoms with E-state index in [2.05, 4.69) is 19.1 Å². The minimum Gasteiger partial charge on any atom is -0.329 e. The predicted molar refractivity (Wildman–Crippen MR) is 78.7 cm³/mol. The maximum absolute atomic E-state index is 12.5. The minimum atomic E-state index is -0.191. The van der Waals surface area contributed by atoms with Crippen molar-refractivity contribution in [1.29, 1.82) is 0 Å². The monoisotopic (exact) mass is 292 g/mol. The molecule has 20 heavy (non-hydrogen) atoms. The van der Waals surface area contributed by atoms with Crippen LogP contribution in [0.2, 0.25) is 0 Å². The highest BCUT2D eigenvalue weighted by Gasteiger charge is 2.43. The van der Waals surface area contributed by atoms with Crippen molar-refractivity contribution in [2.45, 2.75) is 45.2 Å². The second-order valence-corrected chi connectivity index (χ2v) is 7.15. The Labute approximate surface area is 123 Å². The van der Waals surface area contributed by atoms with Gasteiger partial charge in [-0.05, 0) is 38.8 Å². The molecule has 0 saturated carbocycles. The Morgan fingerprint density at radius 1 is 1.40 bits per heavy atom. The van der Waals surface area contributed by atoms with Gasteiger partial charge < -0.3 is 9.80 Å². The summed E-state index contributed by atoms with van der Waals surface area (Å²) < 4.78 is 0. The third-order valence-electron chi connectivity index (χ3n) is 4.27. The molecule has 3 heterocycles. The molecule has 2 unspecified atom stereocenters. The molecule has 0 N–H and O–H groups in total. The molecule has 1 aromatic rings. The minimum absolute atomic E-state index is 0.0900. The van der Waals surface area contributed by atoms with Gasteiger partial charge in [0.1, 0.15) is 12.6 Å². The fourth-order valence-electron chi connectivity index (χ4n) is 3.20. The summed E-state index contributed by atoms with van der Waals surface area (Å²) in [7, 11) is 0. The fourth-order valence-corrected chi connectivity index (χ4v) is 4.21. The molecule has 2 aliphatic heterocycles. The summed E-state index contributed by atoms with van der Waals surface area (Å²) in [6.45, 7) is 5.14. The molecule has 108 valence electrons. The Kier molecular flexibility index (Phi) is 3.54. The van der Waals surface area contributed by atoms with E-state index in [0.717, 1.165) is 25.8 Å². The molecule has 2 fully saturated rings. The van der Waals surface area contributed by atoms with Gasteiger partial charge in [0, 0.05) is 28.8 Å². The molecule has 3 rings (SSSR count). The number of amides is 2. The van der Waals surface area contributed by atoms with Gasteiger partial charge in [0.05, 0.1) is 0 Å².